The van der Waals surface area contributed by atoms with E-state index in [4.69, 9.17) is 9.47 Å². The molecule has 10 rings (SSSR count). The van der Waals surface area contributed by atoms with Crippen molar-refractivity contribution in [2.45, 2.75) is 51.1 Å². The fraction of sp³-hybridized carbons (Fsp3) is 0.290. The van der Waals surface area contributed by atoms with Gasteiger partial charge in [0.2, 0.25) is 23.7 Å². The summed E-state index contributed by atoms with van der Waals surface area (Å²) in [5, 5.41) is 10.8. The molecule has 0 unspecified atom stereocenters. The van der Waals surface area contributed by atoms with Crippen molar-refractivity contribution in [3.8, 4) is 45.8 Å². The van der Waals surface area contributed by atoms with E-state index in [-0.39, 0.29) is 46.7 Å². The molecule has 0 radical (unpaired) electrons. The number of halogens is 8. The van der Waals surface area contributed by atoms with E-state index in [9.17, 15) is 35.9 Å². The first-order valence-corrected chi connectivity index (χ1v) is 27.6. The lowest BCUT2D eigenvalue weighted by atomic mass is 10.1. The van der Waals surface area contributed by atoms with E-state index in [2.05, 4.69) is 61.0 Å². The van der Waals surface area contributed by atoms with Gasteiger partial charge in [0.05, 0.1) is 67.5 Å². The first-order chi connectivity index (χ1) is 41.9. The minimum absolute atomic E-state index is 0.0233. The van der Waals surface area contributed by atoms with Gasteiger partial charge < -0.3 is 50.3 Å². The molecule has 0 aliphatic carbocycles. The highest BCUT2D eigenvalue weighted by Crippen LogP contribution is 2.41. The summed E-state index contributed by atoms with van der Waals surface area (Å²) in [7, 11) is 10.8. The third kappa shape index (κ3) is 14.6. The van der Waals surface area contributed by atoms with E-state index >= 15 is 8.78 Å². The number of likely N-dealkylation sites (N-methyl/N-ethyl adjacent to an activating group) is 4. The van der Waals surface area contributed by atoms with Crippen LogP contribution in [0.15, 0.2) is 122 Å². The minimum Gasteiger partial charge on any atom is -0.438 e. The average molecular weight is 1220 g/mol. The van der Waals surface area contributed by atoms with Crippen LogP contribution in [0.5, 0.6) is 23.3 Å². The summed E-state index contributed by atoms with van der Waals surface area (Å²) in [6.45, 7) is 6.29. The molecule has 18 nitrogen and oxygen atoms in total. The van der Waals surface area contributed by atoms with Crippen molar-refractivity contribution in [2.75, 3.05) is 99.5 Å². The molecule has 0 spiro atoms. The molecule has 2 aliphatic rings. The third-order valence-corrected chi connectivity index (χ3v) is 15.0. The zero-order chi connectivity index (χ0) is 63.2. The van der Waals surface area contributed by atoms with Crippen molar-refractivity contribution in [1.82, 2.24) is 39.7 Å². The monoisotopic (exact) mass is 1220 g/mol. The number of benzene rings is 4. The second kappa shape index (κ2) is 26.6. The van der Waals surface area contributed by atoms with Crippen molar-refractivity contribution >= 4 is 46.5 Å². The Morgan fingerprint density at radius 2 is 0.955 bits per heavy atom. The van der Waals surface area contributed by atoms with Gasteiger partial charge in [-0.15, -0.1) is 0 Å². The smallest absolute Gasteiger partial charge is 0.416 e. The molecule has 4 aromatic carbocycles. The quantitative estimate of drug-likeness (QED) is 0.0668. The summed E-state index contributed by atoms with van der Waals surface area (Å²) < 4.78 is 124. The molecule has 2 saturated heterocycles. The van der Waals surface area contributed by atoms with E-state index in [1.54, 1.807) is 90.8 Å². The maximum Gasteiger partial charge on any atom is 0.416 e. The van der Waals surface area contributed by atoms with Crippen molar-refractivity contribution in [3.05, 3.63) is 167 Å². The lowest BCUT2D eigenvalue weighted by molar-refractivity contribution is -0.138. The van der Waals surface area contributed by atoms with Gasteiger partial charge in [-0.1, -0.05) is 0 Å². The third-order valence-electron chi connectivity index (χ3n) is 15.0. The molecule has 8 aromatic rings. The average Bonchev–Trinajstić information content (AvgIpc) is 3.21. The Morgan fingerprint density at radius 3 is 1.31 bits per heavy atom. The number of hydrogen-bond acceptors (Lipinski definition) is 16. The fourth-order valence-corrected chi connectivity index (χ4v) is 10.1. The number of nitrogens with zero attached hydrogens (tertiary/aromatic N) is 10. The van der Waals surface area contributed by atoms with Crippen molar-refractivity contribution in [2.24, 2.45) is 0 Å². The molecular weight excluding hydrogens is 1160 g/mol. The summed E-state index contributed by atoms with van der Waals surface area (Å²) >= 11 is 0. The lowest BCUT2D eigenvalue weighted by Crippen LogP contribution is -2.34. The van der Waals surface area contributed by atoms with Crippen LogP contribution >= 0.6 is 0 Å². The zero-order valence-electron chi connectivity index (χ0n) is 49.1. The largest absolute Gasteiger partial charge is 0.438 e. The van der Waals surface area contributed by atoms with Crippen LogP contribution in [0.4, 0.5) is 69.8 Å². The van der Waals surface area contributed by atoms with Crippen LogP contribution in [0.2, 0.25) is 0 Å². The number of aromatic nitrogens is 6. The number of carbonyl (C=O) groups is 2. The molecule has 6 heterocycles. The Kier molecular flexibility index (Phi) is 19.0. The number of anilines is 6. The molecule has 0 bridgehead atoms. The minimum atomic E-state index is -4.64. The predicted octanol–water partition coefficient (Wildman–Crippen LogP) is 12.5. The van der Waals surface area contributed by atoms with Gasteiger partial charge in [0.1, 0.15) is 23.1 Å². The van der Waals surface area contributed by atoms with Crippen LogP contribution in [-0.2, 0) is 12.4 Å². The number of carbonyl (C=O) groups excluding carboxylic acids is 2. The topological polar surface area (TPSA) is 191 Å². The maximum absolute atomic E-state index is 15.2. The summed E-state index contributed by atoms with van der Waals surface area (Å²) in [5.41, 5.74) is 0.748. The molecule has 460 valence electrons. The predicted molar refractivity (Wildman–Crippen MR) is 319 cm³/mol. The lowest BCUT2D eigenvalue weighted by Gasteiger charge is -2.29. The summed E-state index contributed by atoms with van der Waals surface area (Å²) in [5.74, 6) is -2.24. The van der Waals surface area contributed by atoms with E-state index in [0.717, 1.165) is 62.3 Å². The van der Waals surface area contributed by atoms with Gasteiger partial charge in [-0.05, 0) is 162 Å². The van der Waals surface area contributed by atoms with Crippen LogP contribution in [0.1, 0.15) is 55.8 Å². The zero-order valence-corrected chi connectivity index (χ0v) is 49.1. The fourth-order valence-electron chi connectivity index (χ4n) is 10.1. The van der Waals surface area contributed by atoms with Crippen molar-refractivity contribution < 1.29 is 54.2 Å². The molecule has 4 N–H and O–H groups in total. The number of amides is 2. The van der Waals surface area contributed by atoms with Gasteiger partial charge in [0.25, 0.3) is 11.8 Å². The van der Waals surface area contributed by atoms with Gasteiger partial charge >= 0.3 is 12.4 Å². The Bertz CT molecular complexity index is 3610. The number of hydrogen-bond donors (Lipinski definition) is 4. The van der Waals surface area contributed by atoms with Crippen LogP contribution in [0, 0.1) is 25.5 Å². The van der Waals surface area contributed by atoms with Gasteiger partial charge in [-0.2, -0.15) is 26.3 Å². The summed E-state index contributed by atoms with van der Waals surface area (Å²) in [4.78, 5) is 60.5. The summed E-state index contributed by atoms with van der Waals surface area (Å²) in [6, 6.07) is 21.3. The van der Waals surface area contributed by atoms with Gasteiger partial charge in [-0.3, -0.25) is 9.59 Å². The van der Waals surface area contributed by atoms with Crippen molar-refractivity contribution in [1.29, 1.82) is 0 Å². The molecule has 0 saturated carbocycles. The molecule has 4 aromatic heterocycles. The van der Waals surface area contributed by atoms with E-state index < -0.39 is 58.1 Å². The maximum atomic E-state index is 15.2. The molecule has 26 heteroatoms. The Morgan fingerprint density at radius 1 is 0.557 bits per heavy atom. The first kappa shape index (κ1) is 63.0. The van der Waals surface area contributed by atoms with Crippen LogP contribution in [-0.4, -0.2) is 132 Å². The molecule has 2 amide bonds. The van der Waals surface area contributed by atoms with Crippen LogP contribution in [0.3, 0.4) is 0 Å². The molecule has 2 fully saturated rings. The van der Waals surface area contributed by atoms with Gasteiger partial charge in [-0.25, -0.2) is 38.7 Å². The Labute approximate surface area is 502 Å². The van der Waals surface area contributed by atoms with E-state index in [0.29, 0.717) is 70.0 Å². The number of likely N-dealkylation sites (tertiary alicyclic amines) is 2. The second-order valence-electron chi connectivity index (χ2n) is 21.1. The highest BCUT2D eigenvalue weighted by Gasteiger charge is 2.35. The SMILES string of the molecule is CNc1nccc(-c2cccnc2Oc2cc(C(=O)Nc3cc(C(F)(F)F)ccc3N(C)[C@@H]3CCN(C)C3)c(F)cc2C)n1.CNc1nccc(-c2cccnc2Oc2cc(C(=O)Nc3cc(C(F)(F)F)ccc3N(C)[C@H]3CCN(C)C3)c(F)cc2C)n1. The summed E-state index contributed by atoms with van der Waals surface area (Å²) in [6.07, 6.45) is -1.51. The highest BCUT2D eigenvalue weighted by molar-refractivity contribution is 6.07. The standard InChI is InChI=1S/2C31H31F4N7O2/c2*1-18-14-23(32)22(16-27(18)44-29-21(6-5-11-37-29)24-9-12-38-30(36-2)40-24)28(43)39-25-15-19(31(33,34)35)7-8-26(25)42(4)20-10-13-41(3)17-20/h2*5-9,11-12,14-16,20H,10,13,17H2,1-4H3,(H,39,43)(H,36,38,40)/t2*20-/m10/s1. The van der Waals surface area contributed by atoms with Gasteiger partial charge in [0, 0.05) is 78.2 Å². The van der Waals surface area contributed by atoms with Crippen LogP contribution in [0.25, 0.3) is 22.5 Å². The Hall–Kier alpha value is -9.56. The number of nitrogens with one attached hydrogen (secondary N) is 4. The normalized spacial score (nSPS) is 15.2. The molecule has 2 aliphatic heterocycles. The molecular formula is C62H62F8N14O4. The number of ether oxygens (including phenoxy) is 2. The second-order valence-corrected chi connectivity index (χ2v) is 21.1. The first-order valence-electron chi connectivity index (χ1n) is 27.6. The number of rotatable bonds is 16. The van der Waals surface area contributed by atoms with Gasteiger partial charge in [0.15, 0.2) is 0 Å². The van der Waals surface area contributed by atoms with E-state index in [1.807, 2.05) is 23.9 Å². The number of pyridine rings is 2. The van der Waals surface area contributed by atoms with Crippen molar-refractivity contribution in [3.63, 3.8) is 0 Å². The van der Waals surface area contributed by atoms with E-state index in [1.165, 1.54) is 36.7 Å². The van der Waals surface area contributed by atoms with Crippen LogP contribution < -0.4 is 40.5 Å². The Balaban J connectivity index is 0.000000209. The number of alkyl halides is 6. The number of aryl methyl sites for hydroxylation is 2. The molecule has 88 heavy (non-hydrogen) atoms. The molecule has 2 atom stereocenters. The highest BCUT2D eigenvalue weighted by atomic mass is 19.4.